The lowest BCUT2D eigenvalue weighted by Crippen LogP contribution is -2.12. The Bertz CT molecular complexity index is 900. The van der Waals surface area contributed by atoms with Crippen molar-refractivity contribution in [3.63, 3.8) is 0 Å². The zero-order chi connectivity index (χ0) is 17.5. The minimum absolute atomic E-state index is 0.122. The molecule has 0 aliphatic heterocycles. The molecule has 0 unspecified atom stereocenters. The minimum atomic E-state index is -0.280. The van der Waals surface area contributed by atoms with E-state index in [1.165, 1.54) is 6.08 Å². The van der Waals surface area contributed by atoms with Crippen molar-refractivity contribution < 1.29 is 9.59 Å². The van der Waals surface area contributed by atoms with E-state index in [9.17, 15) is 9.59 Å². The van der Waals surface area contributed by atoms with Crippen LogP contribution in [-0.4, -0.2) is 11.7 Å². The van der Waals surface area contributed by atoms with Gasteiger partial charge in [0.25, 0.3) is 0 Å². The van der Waals surface area contributed by atoms with E-state index in [4.69, 9.17) is 0 Å². The highest BCUT2D eigenvalue weighted by molar-refractivity contribution is 6.14. The summed E-state index contributed by atoms with van der Waals surface area (Å²) in [6, 6.07) is 25.6. The van der Waals surface area contributed by atoms with E-state index in [0.29, 0.717) is 16.8 Å². The summed E-state index contributed by atoms with van der Waals surface area (Å²) in [4.78, 5) is 24.8. The summed E-state index contributed by atoms with van der Waals surface area (Å²) in [5, 5.41) is 2.78. The first kappa shape index (κ1) is 16.4. The molecule has 0 heterocycles. The van der Waals surface area contributed by atoms with Crippen LogP contribution in [0.15, 0.2) is 91.0 Å². The van der Waals surface area contributed by atoms with Gasteiger partial charge in [-0.2, -0.15) is 0 Å². The maximum absolute atomic E-state index is 12.7. The standard InChI is InChI=1S/C22H17NO2/c24-21(16-15-17-9-3-1-4-10-17)23-20-14-8-7-13-19(20)22(25)18-11-5-2-6-12-18/h1-16H,(H,23,24). The third-order valence-electron chi connectivity index (χ3n) is 3.69. The number of rotatable bonds is 5. The summed E-state index contributed by atoms with van der Waals surface area (Å²) in [7, 11) is 0. The molecular formula is C22H17NO2. The first-order valence-corrected chi connectivity index (χ1v) is 7.97. The van der Waals surface area contributed by atoms with Crippen LogP contribution >= 0.6 is 0 Å². The number of carbonyl (C=O) groups is 2. The maximum Gasteiger partial charge on any atom is 0.248 e. The highest BCUT2D eigenvalue weighted by Crippen LogP contribution is 2.19. The quantitative estimate of drug-likeness (QED) is 0.551. The Morgan fingerprint density at radius 1 is 0.720 bits per heavy atom. The molecule has 25 heavy (non-hydrogen) atoms. The fraction of sp³-hybridized carbons (Fsp3) is 0. The first-order chi connectivity index (χ1) is 12.2. The number of para-hydroxylation sites is 1. The van der Waals surface area contributed by atoms with E-state index in [1.54, 1.807) is 42.5 Å². The van der Waals surface area contributed by atoms with Gasteiger partial charge in [0.2, 0.25) is 5.91 Å². The van der Waals surface area contributed by atoms with Crippen LogP contribution in [0, 0.1) is 0 Å². The van der Waals surface area contributed by atoms with Crippen LogP contribution in [0.25, 0.3) is 6.08 Å². The molecule has 0 radical (unpaired) electrons. The van der Waals surface area contributed by atoms with E-state index in [2.05, 4.69) is 5.32 Å². The van der Waals surface area contributed by atoms with Gasteiger partial charge in [0.1, 0.15) is 0 Å². The van der Waals surface area contributed by atoms with Gasteiger partial charge in [0.05, 0.1) is 5.69 Å². The molecule has 3 heteroatoms. The van der Waals surface area contributed by atoms with Crippen LogP contribution < -0.4 is 5.32 Å². The summed E-state index contributed by atoms with van der Waals surface area (Å²) in [5.41, 5.74) is 2.49. The van der Waals surface area contributed by atoms with E-state index in [-0.39, 0.29) is 11.7 Å². The second kappa shape index (κ2) is 7.88. The Labute approximate surface area is 146 Å². The average molecular weight is 327 g/mol. The molecule has 122 valence electrons. The van der Waals surface area contributed by atoms with Crippen molar-refractivity contribution >= 4 is 23.5 Å². The highest BCUT2D eigenvalue weighted by Gasteiger charge is 2.13. The molecule has 0 aromatic heterocycles. The molecule has 1 N–H and O–H groups in total. The molecule has 3 nitrogen and oxygen atoms in total. The van der Waals surface area contributed by atoms with Gasteiger partial charge in [-0.1, -0.05) is 72.8 Å². The number of hydrogen-bond donors (Lipinski definition) is 1. The van der Waals surface area contributed by atoms with Gasteiger partial charge in [0.15, 0.2) is 5.78 Å². The van der Waals surface area contributed by atoms with E-state index in [1.807, 2.05) is 48.5 Å². The summed E-state index contributed by atoms with van der Waals surface area (Å²) in [5.74, 6) is -0.402. The first-order valence-electron chi connectivity index (χ1n) is 7.97. The lowest BCUT2D eigenvalue weighted by Gasteiger charge is -2.09. The van der Waals surface area contributed by atoms with Crippen molar-refractivity contribution in [1.29, 1.82) is 0 Å². The lowest BCUT2D eigenvalue weighted by atomic mass is 10.0. The molecule has 0 fully saturated rings. The topological polar surface area (TPSA) is 46.2 Å². The highest BCUT2D eigenvalue weighted by atomic mass is 16.1. The number of anilines is 1. The Balaban J connectivity index is 1.78. The zero-order valence-corrected chi connectivity index (χ0v) is 13.6. The minimum Gasteiger partial charge on any atom is -0.322 e. The van der Waals surface area contributed by atoms with Crippen molar-refractivity contribution in [2.45, 2.75) is 0 Å². The van der Waals surface area contributed by atoms with Crippen LogP contribution in [-0.2, 0) is 4.79 Å². The number of hydrogen-bond acceptors (Lipinski definition) is 2. The predicted octanol–water partition coefficient (Wildman–Crippen LogP) is 4.57. The molecule has 0 bridgehead atoms. The van der Waals surface area contributed by atoms with Gasteiger partial charge >= 0.3 is 0 Å². The maximum atomic E-state index is 12.7. The molecule has 1 amide bonds. The van der Waals surface area contributed by atoms with Crippen LogP contribution in [0.5, 0.6) is 0 Å². The van der Waals surface area contributed by atoms with Crippen molar-refractivity contribution in [3.05, 3.63) is 108 Å². The van der Waals surface area contributed by atoms with Crippen LogP contribution in [0.1, 0.15) is 21.5 Å². The van der Waals surface area contributed by atoms with Crippen LogP contribution in [0.4, 0.5) is 5.69 Å². The number of ketones is 1. The van der Waals surface area contributed by atoms with E-state index >= 15 is 0 Å². The van der Waals surface area contributed by atoms with E-state index in [0.717, 1.165) is 5.56 Å². The average Bonchev–Trinajstić information content (AvgIpc) is 2.68. The third-order valence-corrected chi connectivity index (χ3v) is 3.69. The molecule has 0 aliphatic carbocycles. The van der Waals surface area contributed by atoms with Crippen molar-refractivity contribution in [2.24, 2.45) is 0 Å². The molecule has 3 aromatic carbocycles. The van der Waals surface area contributed by atoms with Gasteiger partial charge in [-0.15, -0.1) is 0 Å². The predicted molar refractivity (Wildman–Crippen MR) is 100 cm³/mol. The van der Waals surface area contributed by atoms with Crippen LogP contribution in [0.2, 0.25) is 0 Å². The molecule has 3 aromatic rings. The molecule has 0 saturated carbocycles. The Morgan fingerprint density at radius 3 is 2.04 bits per heavy atom. The smallest absolute Gasteiger partial charge is 0.248 e. The SMILES string of the molecule is O=C(C=Cc1ccccc1)Nc1ccccc1C(=O)c1ccccc1. The largest absolute Gasteiger partial charge is 0.322 e. The van der Waals surface area contributed by atoms with E-state index < -0.39 is 0 Å². The molecular weight excluding hydrogens is 310 g/mol. The molecule has 0 spiro atoms. The zero-order valence-electron chi connectivity index (χ0n) is 13.6. The number of carbonyl (C=O) groups excluding carboxylic acids is 2. The second-order valence-electron chi connectivity index (χ2n) is 5.47. The van der Waals surface area contributed by atoms with Crippen LogP contribution in [0.3, 0.4) is 0 Å². The van der Waals surface area contributed by atoms with Gasteiger partial charge in [-0.3, -0.25) is 9.59 Å². The third kappa shape index (κ3) is 4.30. The normalized spacial score (nSPS) is 10.6. The molecule has 0 saturated heterocycles. The number of nitrogens with one attached hydrogen (secondary N) is 1. The molecule has 0 aliphatic rings. The lowest BCUT2D eigenvalue weighted by molar-refractivity contribution is -0.111. The van der Waals surface area contributed by atoms with Crippen molar-refractivity contribution in [2.75, 3.05) is 5.32 Å². The number of amides is 1. The van der Waals surface area contributed by atoms with Gasteiger partial charge in [-0.05, 0) is 23.8 Å². The van der Waals surface area contributed by atoms with Gasteiger partial charge < -0.3 is 5.32 Å². The van der Waals surface area contributed by atoms with Gasteiger partial charge in [0, 0.05) is 17.2 Å². The van der Waals surface area contributed by atoms with Gasteiger partial charge in [-0.25, -0.2) is 0 Å². The van der Waals surface area contributed by atoms with Crippen molar-refractivity contribution in [3.8, 4) is 0 Å². The molecule has 0 atom stereocenters. The monoisotopic (exact) mass is 327 g/mol. The fourth-order valence-electron chi connectivity index (χ4n) is 2.45. The Hall–Kier alpha value is -3.46. The summed E-state index contributed by atoms with van der Waals surface area (Å²) < 4.78 is 0. The summed E-state index contributed by atoms with van der Waals surface area (Å²) in [6.45, 7) is 0. The number of benzene rings is 3. The summed E-state index contributed by atoms with van der Waals surface area (Å²) in [6.07, 6.45) is 3.19. The Kier molecular flexibility index (Phi) is 5.17. The molecule has 3 rings (SSSR count). The van der Waals surface area contributed by atoms with Crippen molar-refractivity contribution in [1.82, 2.24) is 0 Å². The second-order valence-corrected chi connectivity index (χ2v) is 5.47. The summed E-state index contributed by atoms with van der Waals surface area (Å²) >= 11 is 0. The fourth-order valence-corrected chi connectivity index (χ4v) is 2.45. The Morgan fingerprint density at radius 2 is 1.32 bits per heavy atom.